The van der Waals surface area contributed by atoms with Crippen LogP contribution < -0.4 is 0 Å². The molecule has 0 amide bonds. The Kier molecular flexibility index (Phi) is 1.88. The second-order valence-corrected chi connectivity index (χ2v) is 4.08. The quantitative estimate of drug-likeness (QED) is 0.663. The lowest BCUT2D eigenvalue weighted by Gasteiger charge is -1.94. The van der Waals surface area contributed by atoms with E-state index in [1.807, 2.05) is 0 Å². The first-order valence-corrected chi connectivity index (χ1v) is 4.88. The van der Waals surface area contributed by atoms with Gasteiger partial charge in [0, 0.05) is 10.1 Å². The second kappa shape index (κ2) is 2.78. The summed E-state index contributed by atoms with van der Waals surface area (Å²) in [5, 5.41) is 1.38. The van der Waals surface area contributed by atoms with Gasteiger partial charge in [-0.25, -0.2) is 8.78 Å². The monoisotopic (exact) mass is 248 g/mol. The minimum atomic E-state index is -0.522. The molecule has 0 saturated heterocycles. The molecule has 0 aliphatic carbocycles. The molecule has 4 heteroatoms. The van der Waals surface area contributed by atoms with Gasteiger partial charge in [0.15, 0.2) is 0 Å². The highest BCUT2D eigenvalue weighted by Gasteiger charge is 2.10. The molecule has 0 unspecified atom stereocenters. The van der Waals surface area contributed by atoms with Crippen molar-refractivity contribution in [3.63, 3.8) is 0 Å². The smallest absolute Gasteiger partial charge is 0.148 e. The van der Waals surface area contributed by atoms with Crippen molar-refractivity contribution in [3.05, 3.63) is 33.6 Å². The van der Waals surface area contributed by atoms with Crippen LogP contribution in [-0.4, -0.2) is 0 Å². The van der Waals surface area contributed by atoms with E-state index in [1.54, 1.807) is 12.1 Å². The third kappa shape index (κ3) is 1.06. The molecule has 0 nitrogen and oxygen atoms in total. The number of thiophene rings is 1. The topological polar surface area (TPSA) is 0 Å². The van der Waals surface area contributed by atoms with Crippen molar-refractivity contribution >= 4 is 37.4 Å². The van der Waals surface area contributed by atoms with Gasteiger partial charge < -0.3 is 0 Å². The molecule has 0 N–H and O–H groups in total. The Morgan fingerprint density at radius 1 is 1.25 bits per heavy atom. The minimum absolute atomic E-state index is 0.0781. The summed E-state index contributed by atoms with van der Waals surface area (Å²) in [6, 6.07) is 3.27. The number of fused-ring (bicyclic) bond motifs is 1. The summed E-state index contributed by atoms with van der Waals surface area (Å²) < 4.78 is 27.1. The van der Waals surface area contributed by atoms with Crippen LogP contribution in [0.15, 0.2) is 22.0 Å². The van der Waals surface area contributed by atoms with Crippen LogP contribution in [-0.2, 0) is 0 Å². The zero-order chi connectivity index (χ0) is 8.72. The van der Waals surface area contributed by atoms with Crippen molar-refractivity contribution in [2.75, 3.05) is 0 Å². The zero-order valence-corrected chi connectivity index (χ0v) is 8.18. The van der Waals surface area contributed by atoms with E-state index in [0.717, 1.165) is 0 Å². The predicted octanol–water partition coefficient (Wildman–Crippen LogP) is 3.94. The minimum Gasteiger partial charge on any atom is -0.205 e. The van der Waals surface area contributed by atoms with E-state index in [4.69, 9.17) is 0 Å². The molecule has 1 heterocycles. The first-order chi connectivity index (χ1) is 5.70. The molecule has 0 spiro atoms. The van der Waals surface area contributed by atoms with Crippen LogP contribution in [0.1, 0.15) is 0 Å². The number of rotatable bonds is 0. The summed E-state index contributed by atoms with van der Waals surface area (Å²) in [6.07, 6.45) is 0. The largest absolute Gasteiger partial charge is 0.205 e. The highest BCUT2D eigenvalue weighted by molar-refractivity contribution is 9.10. The molecule has 0 fully saturated rings. The summed E-state index contributed by atoms with van der Waals surface area (Å²) in [5.74, 6) is -1.01. The van der Waals surface area contributed by atoms with Crippen LogP contribution >= 0.6 is 27.3 Å². The fourth-order valence-corrected chi connectivity index (χ4v) is 2.16. The Morgan fingerprint density at radius 3 is 2.75 bits per heavy atom. The third-order valence-corrected chi connectivity index (χ3v) is 3.12. The molecule has 62 valence electrons. The van der Waals surface area contributed by atoms with Gasteiger partial charge in [-0.3, -0.25) is 0 Å². The van der Waals surface area contributed by atoms with Gasteiger partial charge in [-0.15, -0.1) is 11.3 Å². The lowest BCUT2D eigenvalue weighted by molar-refractivity contribution is 0.607. The van der Waals surface area contributed by atoms with Crippen molar-refractivity contribution in [1.82, 2.24) is 0 Å². The van der Waals surface area contributed by atoms with Crippen LogP contribution in [0.2, 0.25) is 0 Å². The number of halogens is 3. The van der Waals surface area contributed by atoms with Crippen LogP contribution in [0.3, 0.4) is 0 Å². The van der Waals surface area contributed by atoms with Crippen molar-refractivity contribution in [2.24, 2.45) is 0 Å². The number of hydrogen-bond acceptors (Lipinski definition) is 1. The third-order valence-electron chi connectivity index (χ3n) is 1.58. The van der Waals surface area contributed by atoms with E-state index in [2.05, 4.69) is 15.9 Å². The van der Waals surface area contributed by atoms with Crippen molar-refractivity contribution < 1.29 is 8.78 Å². The predicted molar refractivity (Wildman–Crippen MR) is 49.4 cm³/mol. The summed E-state index contributed by atoms with van der Waals surface area (Å²) in [6.45, 7) is 0. The van der Waals surface area contributed by atoms with Gasteiger partial charge in [-0.05, 0) is 28.1 Å². The van der Waals surface area contributed by atoms with Gasteiger partial charge in [0.2, 0.25) is 0 Å². The van der Waals surface area contributed by atoms with E-state index >= 15 is 0 Å². The van der Waals surface area contributed by atoms with Crippen LogP contribution in [0.5, 0.6) is 0 Å². The molecule has 0 bridgehead atoms. The molecule has 0 saturated carbocycles. The van der Waals surface area contributed by atoms with E-state index in [9.17, 15) is 8.78 Å². The van der Waals surface area contributed by atoms with E-state index in [0.29, 0.717) is 9.17 Å². The highest BCUT2D eigenvalue weighted by atomic mass is 79.9. The summed E-state index contributed by atoms with van der Waals surface area (Å²) in [7, 11) is 0. The lowest BCUT2D eigenvalue weighted by atomic mass is 10.2. The molecule has 1 aromatic heterocycles. The molecule has 0 radical (unpaired) electrons. The van der Waals surface area contributed by atoms with Gasteiger partial charge >= 0.3 is 0 Å². The standard InChI is InChI=1S/C8H3BrF2S/c9-4-1-2-6-7(8(4)11)5(10)3-12-6/h1-3H. The first-order valence-electron chi connectivity index (χ1n) is 3.21. The summed E-state index contributed by atoms with van der Waals surface area (Å²) >= 11 is 4.20. The molecule has 2 aromatic rings. The fraction of sp³-hybridized carbons (Fsp3) is 0. The van der Waals surface area contributed by atoms with E-state index in [-0.39, 0.29) is 5.39 Å². The van der Waals surface area contributed by atoms with Crippen LogP contribution in [0.4, 0.5) is 8.78 Å². The Morgan fingerprint density at radius 2 is 2.00 bits per heavy atom. The Bertz CT molecular complexity index is 436. The van der Waals surface area contributed by atoms with Gasteiger partial charge in [0.1, 0.15) is 11.6 Å². The maximum atomic E-state index is 13.2. The molecule has 12 heavy (non-hydrogen) atoms. The normalized spacial score (nSPS) is 10.9. The number of benzene rings is 1. The van der Waals surface area contributed by atoms with Crippen LogP contribution in [0.25, 0.3) is 10.1 Å². The van der Waals surface area contributed by atoms with Gasteiger partial charge in [0.05, 0.1) is 9.86 Å². The van der Waals surface area contributed by atoms with Gasteiger partial charge in [-0.1, -0.05) is 0 Å². The Balaban J connectivity index is 2.96. The van der Waals surface area contributed by atoms with Crippen LogP contribution in [0, 0.1) is 11.6 Å². The highest BCUT2D eigenvalue weighted by Crippen LogP contribution is 2.30. The average Bonchev–Trinajstić information content (AvgIpc) is 2.41. The molecule has 0 atom stereocenters. The fourth-order valence-electron chi connectivity index (χ4n) is 1.03. The summed E-state index contributed by atoms with van der Waals surface area (Å²) in [4.78, 5) is 0. The van der Waals surface area contributed by atoms with E-state index < -0.39 is 11.6 Å². The molecule has 1 aromatic carbocycles. The maximum absolute atomic E-state index is 13.2. The molecule has 0 aliphatic heterocycles. The Hall–Kier alpha value is -0.480. The Labute approximate surface area is 80.0 Å². The molecular formula is C8H3BrF2S. The second-order valence-electron chi connectivity index (χ2n) is 2.32. The molecular weight excluding hydrogens is 246 g/mol. The zero-order valence-electron chi connectivity index (χ0n) is 5.77. The van der Waals surface area contributed by atoms with E-state index in [1.165, 1.54) is 16.7 Å². The molecule has 2 rings (SSSR count). The van der Waals surface area contributed by atoms with Crippen molar-refractivity contribution in [1.29, 1.82) is 0 Å². The van der Waals surface area contributed by atoms with Crippen molar-refractivity contribution in [2.45, 2.75) is 0 Å². The molecule has 0 aliphatic rings. The van der Waals surface area contributed by atoms with Crippen molar-refractivity contribution in [3.8, 4) is 0 Å². The average molecular weight is 249 g/mol. The first kappa shape index (κ1) is 8.13. The maximum Gasteiger partial charge on any atom is 0.148 e. The summed E-state index contributed by atoms with van der Waals surface area (Å²) in [5.41, 5.74) is 0. The van der Waals surface area contributed by atoms with Gasteiger partial charge in [0.25, 0.3) is 0 Å². The lowest BCUT2D eigenvalue weighted by Crippen LogP contribution is -1.79. The number of hydrogen-bond donors (Lipinski definition) is 0. The van der Waals surface area contributed by atoms with Gasteiger partial charge in [-0.2, -0.15) is 0 Å². The SMILES string of the molecule is Fc1csc2ccc(Br)c(F)c12.